The van der Waals surface area contributed by atoms with Crippen LogP contribution in [0.25, 0.3) is 0 Å². The zero-order valence-corrected chi connectivity index (χ0v) is 12.4. The lowest BCUT2D eigenvalue weighted by Gasteiger charge is -2.13. The molecule has 4 nitrogen and oxygen atoms in total. The maximum atomic E-state index is 12.0. The van der Waals surface area contributed by atoms with E-state index in [1.807, 2.05) is 0 Å². The molecule has 0 heterocycles. The minimum Gasteiger partial charge on any atom is -0.468 e. The Morgan fingerprint density at radius 1 is 1.09 bits per heavy atom. The van der Waals surface area contributed by atoms with E-state index in [9.17, 15) is 14.7 Å². The highest BCUT2D eigenvalue weighted by Gasteiger charge is 2.20. The molecule has 2 rings (SSSR count). The number of hydrogen-bond donors (Lipinski definition) is 1. The van der Waals surface area contributed by atoms with Crippen molar-refractivity contribution < 1.29 is 19.4 Å². The third-order valence-corrected chi connectivity index (χ3v) is 3.38. The van der Waals surface area contributed by atoms with Crippen LogP contribution in [0, 0.1) is 6.10 Å². The van der Waals surface area contributed by atoms with Crippen LogP contribution in [0.1, 0.15) is 28.8 Å². The molecule has 0 aliphatic heterocycles. The van der Waals surface area contributed by atoms with Crippen molar-refractivity contribution in [1.29, 1.82) is 0 Å². The van der Waals surface area contributed by atoms with Crippen LogP contribution in [-0.4, -0.2) is 24.0 Å². The van der Waals surface area contributed by atoms with Gasteiger partial charge in [-0.25, -0.2) is 0 Å². The average molecular weight is 297 g/mol. The Bertz CT molecular complexity index is 634. The lowest BCUT2D eigenvalue weighted by molar-refractivity contribution is -0.141. The second-order valence-corrected chi connectivity index (χ2v) is 4.94. The first-order chi connectivity index (χ1) is 10.5. The third kappa shape index (κ3) is 3.80. The SMILES string of the molecule is COC(=O)C(C=C1C=C[C](O)C=C1)c1ccc(C(C)=O)cc1. The van der Waals surface area contributed by atoms with Crippen molar-refractivity contribution in [3.8, 4) is 0 Å². The molecule has 1 aliphatic rings. The highest BCUT2D eigenvalue weighted by Crippen LogP contribution is 2.24. The first-order valence-electron chi connectivity index (χ1n) is 6.84. The van der Waals surface area contributed by atoms with Crippen LogP contribution >= 0.6 is 0 Å². The van der Waals surface area contributed by atoms with Gasteiger partial charge in [-0.2, -0.15) is 0 Å². The number of aliphatic hydroxyl groups is 1. The van der Waals surface area contributed by atoms with Crippen molar-refractivity contribution in [2.45, 2.75) is 12.8 Å². The van der Waals surface area contributed by atoms with E-state index in [1.165, 1.54) is 14.0 Å². The van der Waals surface area contributed by atoms with Gasteiger partial charge in [-0.1, -0.05) is 42.5 Å². The van der Waals surface area contributed by atoms with E-state index < -0.39 is 5.92 Å². The maximum Gasteiger partial charge on any atom is 0.317 e. The van der Waals surface area contributed by atoms with Crippen molar-refractivity contribution in [2.24, 2.45) is 0 Å². The summed E-state index contributed by atoms with van der Waals surface area (Å²) < 4.78 is 4.85. The topological polar surface area (TPSA) is 63.6 Å². The second-order valence-electron chi connectivity index (χ2n) is 4.94. The quantitative estimate of drug-likeness (QED) is 0.685. The van der Waals surface area contributed by atoms with Gasteiger partial charge in [-0.15, -0.1) is 0 Å². The lowest BCUT2D eigenvalue weighted by atomic mass is 9.94. The van der Waals surface area contributed by atoms with Gasteiger partial charge in [-0.3, -0.25) is 9.59 Å². The number of Topliss-reactive ketones (excluding diaryl/α,β-unsaturated/α-hetero) is 1. The van der Waals surface area contributed by atoms with E-state index in [4.69, 9.17) is 4.74 Å². The molecule has 22 heavy (non-hydrogen) atoms. The van der Waals surface area contributed by atoms with Gasteiger partial charge in [0, 0.05) is 5.56 Å². The van der Waals surface area contributed by atoms with Crippen molar-refractivity contribution in [3.63, 3.8) is 0 Å². The number of hydrogen-bond acceptors (Lipinski definition) is 4. The number of benzene rings is 1. The normalized spacial score (nSPS) is 15.5. The van der Waals surface area contributed by atoms with Crippen molar-refractivity contribution in [1.82, 2.24) is 0 Å². The zero-order chi connectivity index (χ0) is 16.1. The fourth-order valence-electron chi connectivity index (χ4n) is 2.13. The van der Waals surface area contributed by atoms with Crippen molar-refractivity contribution in [3.05, 3.63) is 77.4 Å². The summed E-state index contributed by atoms with van der Waals surface area (Å²) in [6, 6.07) is 6.88. The summed E-state index contributed by atoms with van der Waals surface area (Å²) >= 11 is 0. The smallest absolute Gasteiger partial charge is 0.317 e. The lowest BCUT2D eigenvalue weighted by Crippen LogP contribution is -2.13. The number of ether oxygens (including phenoxy) is 1. The van der Waals surface area contributed by atoms with Crippen LogP contribution in [0.4, 0.5) is 0 Å². The van der Waals surface area contributed by atoms with Gasteiger partial charge in [-0.05, 0) is 30.2 Å². The summed E-state index contributed by atoms with van der Waals surface area (Å²) in [6.07, 6.45) is 8.47. The Morgan fingerprint density at radius 2 is 1.68 bits per heavy atom. The number of carbonyl (C=O) groups excluding carboxylic acids is 2. The Labute approximate surface area is 129 Å². The number of rotatable bonds is 4. The molecule has 1 unspecified atom stereocenters. The Hall–Kier alpha value is -2.46. The standard InChI is InChI=1S/C18H17O4/c1-12(19)14-5-7-15(8-6-14)17(18(21)22-2)11-13-3-9-16(20)10-4-13/h3-11,17,20H,1-2H3. The van der Waals surface area contributed by atoms with E-state index in [-0.39, 0.29) is 17.9 Å². The first kappa shape index (κ1) is 15.9. The minimum atomic E-state index is -0.574. The van der Waals surface area contributed by atoms with Gasteiger partial charge in [0.2, 0.25) is 0 Å². The molecular weight excluding hydrogens is 280 g/mol. The Morgan fingerprint density at radius 3 is 2.18 bits per heavy atom. The van der Waals surface area contributed by atoms with Crippen LogP contribution < -0.4 is 0 Å². The predicted molar refractivity (Wildman–Crippen MR) is 82.7 cm³/mol. The molecule has 1 radical (unpaired) electrons. The molecule has 0 saturated heterocycles. The molecular formula is C18H17O4. The van der Waals surface area contributed by atoms with Gasteiger partial charge in [0.15, 0.2) is 5.78 Å². The van der Waals surface area contributed by atoms with Gasteiger partial charge in [0.05, 0.1) is 7.11 Å². The van der Waals surface area contributed by atoms with E-state index in [1.54, 1.807) is 54.6 Å². The highest BCUT2D eigenvalue weighted by molar-refractivity contribution is 5.94. The summed E-state index contributed by atoms with van der Waals surface area (Å²) in [4.78, 5) is 23.3. The number of ketones is 1. The van der Waals surface area contributed by atoms with E-state index in [0.29, 0.717) is 5.56 Å². The molecule has 0 aromatic heterocycles. The molecule has 0 spiro atoms. The number of esters is 1. The molecule has 0 saturated carbocycles. The van der Waals surface area contributed by atoms with Gasteiger partial charge < -0.3 is 9.84 Å². The number of allylic oxidation sites excluding steroid dienone is 3. The third-order valence-electron chi connectivity index (χ3n) is 3.38. The maximum absolute atomic E-state index is 12.0. The molecule has 113 valence electrons. The molecule has 1 aromatic carbocycles. The molecule has 4 heteroatoms. The monoisotopic (exact) mass is 297 g/mol. The first-order valence-corrected chi connectivity index (χ1v) is 6.84. The summed E-state index contributed by atoms with van der Waals surface area (Å²) in [5, 5.41) is 9.31. The molecule has 1 aliphatic carbocycles. The summed E-state index contributed by atoms with van der Waals surface area (Å²) in [5.41, 5.74) is 2.13. The second kappa shape index (κ2) is 7.00. The van der Waals surface area contributed by atoms with Gasteiger partial charge in [0.25, 0.3) is 0 Å². The number of carbonyl (C=O) groups is 2. The highest BCUT2D eigenvalue weighted by atomic mass is 16.5. The Kier molecular flexibility index (Phi) is 5.07. The van der Waals surface area contributed by atoms with Crippen LogP contribution in [0.3, 0.4) is 0 Å². The molecule has 0 fully saturated rings. The van der Waals surface area contributed by atoms with Gasteiger partial charge in [0.1, 0.15) is 12.0 Å². The van der Waals surface area contributed by atoms with Crippen molar-refractivity contribution in [2.75, 3.05) is 7.11 Å². The molecule has 0 bridgehead atoms. The van der Waals surface area contributed by atoms with E-state index in [0.717, 1.165) is 11.1 Å². The average Bonchev–Trinajstić information content (AvgIpc) is 2.53. The van der Waals surface area contributed by atoms with Crippen LogP contribution in [-0.2, 0) is 9.53 Å². The molecule has 1 aromatic rings. The van der Waals surface area contributed by atoms with Crippen molar-refractivity contribution >= 4 is 11.8 Å². The van der Waals surface area contributed by atoms with Crippen LogP contribution in [0.2, 0.25) is 0 Å². The zero-order valence-electron chi connectivity index (χ0n) is 12.4. The molecule has 1 N–H and O–H groups in total. The van der Waals surface area contributed by atoms with E-state index in [2.05, 4.69) is 0 Å². The van der Waals surface area contributed by atoms with Crippen LogP contribution in [0.15, 0.2) is 60.2 Å². The largest absolute Gasteiger partial charge is 0.468 e. The van der Waals surface area contributed by atoms with Gasteiger partial charge >= 0.3 is 5.97 Å². The number of methoxy groups -OCH3 is 1. The Balaban J connectivity index is 2.33. The fraction of sp³-hybridized carbons (Fsp3) is 0.167. The molecule has 0 amide bonds. The predicted octanol–water partition coefficient (Wildman–Crippen LogP) is 3.10. The summed E-state index contributed by atoms with van der Waals surface area (Å²) in [6.45, 7) is 1.50. The summed E-state index contributed by atoms with van der Waals surface area (Å²) in [5.74, 6) is -0.983. The fourth-order valence-corrected chi connectivity index (χ4v) is 2.13. The summed E-state index contributed by atoms with van der Waals surface area (Å²) in [7, 11) is 1.34. The molecule has 1 atom stereocenters. The van der Waals surface area contributed by atoms with E-state index >= 15 is 0 Å². The van der Waals surface area contributed by atoms with Crippen LogP contribution in [0.5, 0.6) is 0 Å². The number of aliphatic hydroxyl groups excluding tert-OH is 1. The minimum absolute atomic E-state index is 0.0244.